The van der Waals surface area contributed by atoms with Crippen molar-refractivity contribution < 1.29 is 13.9 Å². The summed E-state index contributed by atoms with van der Waals surface area (Å²) in [5.74, 6) is 1.14. The van der Waals surface area contributed by atoms with E-state index in [9.17, 15) is 4.79 Å². The van der Waals surface area contributed by atoms with E-state index in [4.69, 9.17) is 9.15 Å². The van der Waals surface area contributed by atoms with E-state index in [1.165, 1.54) is 0 Å². The van der Waals surface area contributed by atoms with Crippen LogP contribution in [0, 0.1) is 0 Å². The molecule has 0 aliphatic carbocycles. The van der Waals surface area contributed by atoms with Gasteiger partial charge in [0.25, 0.3) is 0 Å². The summed E-state index contributed by atoms with van der Waals surface area (Å²) in [5, 5.41) is 12.1. The normalized spacial score (nSPS) is 17.8. The first kappa shape index (κ1) is 16.6. The number of anilines is 1. The molecule has 3 heterocycles. The number of aromatic nitrogens is 3. The first-order chi connectivity index (χ1) is 12.6. The minimum Gasteiger partial charge on any atom is -0.422 e. The smallest absolute Gasteiger partial charge is 0.322 e. The van der Waals surface area contributed by atoms with Crippen molar-refractivity contribution in [3.05, 3.63) is 42.2 Å². The predicted octanol–water partition coefficient (Wildman–Crippen LogP) is 3.28. The number of hydrogen-bond donors (Lipinski definition) is 2. The van der Waals surface area contributed by atoms with Gasteiger partial charge in [-0.15, -0.1) is 10.2 Å². The van der Waals surface area contributed by atoms with E-state index in [-0.39, 0.29) is 11.9 Å². The maximum absolute atomic E-state index is 12.6. The SMILES string of the molecule is CC(C)c1nnc(C2CN(C(=O)Nc3ccc4cc[nH]c4c3)CCO2)o1. The van der Waals surface area contributed by atoms with Gasteiger partial charge in [-0.05, 0) is 23.6 Å². The topological polar surface area (TPSA) is 96.3 Å². The molecule has 0 radical (unpaired) electrons. The highest BCUT2D eigenvalue weighted by Crippen LogP contribution is 2.24. The van der Waals surface area contributed by atoms with Gasteiger partial charge in [0.15, 0.2) is 6.10 Å². The molecule has 0 saturated carbocycles. The molecule has 8 nitrogen and oxygen atoms in total. The Hall–Kier alpha value is -2.87. The fraction of sp³-hybridized carbons (Fsp3) is 0.389. The summed E-state index contributed by atoms with van der Waals surface area (Å²) in [6.07, 6.45) is 1.47. The first-order valence-electron chi connectivity index (χ1n) is 8.68. The summed E-state index contributed by atoms with van der Waals surface area (Å²) in [6.45, 7) is 5.28. The second-order valence-electron chi connectivity index (χ2n) is 6.65. The number of amides is 2. The van der Waals surface area contributed by atoms with E-state index in [0.717, 1.165) is 16.6 Å². The van der Waals surface area contributed by atoms with Crippen molar-refractivity contribution in [1.82, 2.24) is 20.1 Å². The average molecular weight is 355 g/mol. The molecule has 26 heavy (non-hydrogen) atoms. The van der Waals surface area contributed by atoms with Gasteiger partial charge in [0.1, 0.15) is 0 Å². The van der Waals surface area contributed by atoms with Gasteiger partial charge in [0.2, 0.25) is 11.8 Å². The van der Waals surface area contributed by atoms with Crippen molar-refractivity contribution >= 4 is 22.6 Å². The number of rotatable bonds is 3. The molecule has 3 aromatic rings. The average Bonchev–Trinajstić information content (AvgIpc) is 3.31. The van der Waals surface area contributed by atoms with Gasteiger partial charge in [0, 0.05) is 29.9 Å². The third-order valence-corrected chi connectivity index (χ3v) is 4.39. The lowest BCUT2D eigenvalue weighted by Crippen LogP contribution is -2.44. The monoisotopic (exact) mass is 355 g/mol. The standard InChI is InChI=1S/C18H21N5O3/c1-11(2)16-21-22-17(26-16)15-10-23(7-8-25-15)18(24)20-13-4-3-12-5-6-19-14(12)9-13/h3-6,9,11,15,19H,7-8,10H2,1-2H3,(H,20,24). The molecular formula is C18H21N5O3. The lowest BCUT2D eigenvalue weighted by molar-refractivity contribution is -0.0276. The van der Waals surface area contributed by atoms with Gasteiger partial charge < -0.3 is 24.4 Å². The maximum Gasteiger partial charge on any atom is 0.322 e. The van der Waals surface area contributed by atoms with Crippen LogP contribution < -0.4 is 5.32 Å². The number of nitrogens with one attached hydrogen (secondary N) is 2. The fourth-order valence-corrected chi connectivity index (χ4v) is 2.92. The van der Waals surface area contributed by atoms with Crippen molar-refractivity contribution in [3.8, 4) is 0 Å². The van der Waals surface area contributed by atoms with Crippen molar-refractivity contribution in [2.45, 2.75) is 25.9 Å². The number of fused-ring (bicyclic) bond motifs is 1. The van der Waals surface area contributed by atoms with Gasteiger partial charge in [0.05, 0.1) is 13.2 Å². The maximum atomic E-state index is 12.6. The van der Waals surface area contributed by atoms with Gasteiger partial charge in [-0.1, -0.05) is 19.9 Å². The Labute approximate surface area is 150 Å². The fourth-order valence-electron chi connectivity index (χ4n) is 2.92. The lowest BCUT2D eigenvalue weighted by Gasteiger charge is -2.31. The first-order valence-corrected chi connectivity index (χ1v) is 8.68. The van der Waals surface area contributed by atoms with Crippen LogP contribution in [0.1, 0.15) is 37.7 Å². The molecule has 2 aromatic heterocycles. The van der Waals surface area contributed by atoms with Crippen LogP contribution in [-0.2, 0) is 4.74 Å². The molecule has 1 atom stereocenters. The number of hydrogen-bond acceptors (Lipinski definition) is 5. The molecule has 1 aromatic carbocycles. The summed E-state index contributed by atoms with van der Waals surface area (Å²) < 4.78 is 11.4. The van der Waals surface area contributed by atoms with Crippen LogP contribution in [0.5, 0.6) is 0 Å². The number of ether oxygens (including phenoxy) is 1. The van der Waals surface area contributed by atoms with E-state index in [2.05, 4.69) is 20.5 Å². The Morgan fingerprint density at radius 3 is 3.04 bits per heavy atom. The number of urea groups is 1. The highest BCUT2D eigenvalue weighted by Gasteiger charge is 2.29. The number of aromatic amines is 1. The Morgan fingerprint density at radius 1 is 1.35 bits per heavy atom. The molecule has 1 aliphatic heterocycles. The molecule has 2 N–H and O–H groups in total. The highest BCUT2D eigenvalue weighted by atomic mass is 16.5. The van der Waals surface area contributed by atoms with Gasteiger partial charge in [-0.2, -0.15) is 0 Å². The number of benzene rings is 1. The molecule has 2 amide bonds. The molecule has 1 unspecified atom stereocenters. The van der Waals surface area contributed by atoms with Crippen molar-refractivity contribution in [3.63, 3.8) is 0 Å². The third kappa shape index (κ3) is 3.28. The molecule has 1 aliphatic rings. The molecular weight excluding hydrogens is 334 g/mol. The molecule has 0 spiro atoms. The highest BCUT2D eigenvalue weighted by molar-refractivity contribution is 5.92. The van der Waals surface area contributed by atoms with Crippen LogP contribution in [0.15, 0.2) is 34.9 Å². The number of carbonyl (C=O) groups is 1. The van der Waals surface area contributed by atoms with Crippen LogP contribution in [0.4, 0.5) is 10.5 Å². The van der Waals surface area contributed by atoms with E-state index in [1.54, 1.807) is 4.90 Å². The van der Waals surface area contributed by atoms with Gasteiger partial charge in [-0.3, -0.25) is 0 Å². The lowest BCUT2D eigenvalue weighted by atomic mass is 10.2. The zero-order valence-electron chi connectivity index (χ0n) is 14.7. The molecule has 1 saturated heterocycles. The second-order valence-corrected chi connectivity index (χ2v) is 6.65. The summed E-state index contributed by atoms with van der Waals surface area (Å²) in [4.78, 5) is 17.5. The molecule has 0 bridgehead atoms. The summed E-state index contributed by atoms with van der Waals surface area (Å²) in [6, 6.07) is 7.59. The minimum absolute atomic E-state index is 0.155. The second kappa shape index (κ2) is 6.80. The van der Waals surface area contributed by atoms with Gasteiger partial charge >= 0.3 is 6.03 Å². The zero-order chi connectivity index (χ0) is 18.1. The van der Waals surface area contributed by atoms with Gasteiger partial charge in [-0.25, -0.2) is 4.79 Å². The van der Waals surface area contributed by atoms with E-state index >= 15 is 0 Å². The predicted molar refractivity (Wildman–Crippen MR) is 96.0 cm³/mol. The van der Waals surface area contributed by atoms with E-state index < -0.39 is 6.10 Å². The van der Waals surface area contributed by atoms with Crippen LogP contribution in [-0.4, -0.2) is 45.8 Å². The molecule has 1 fully saturated rings. The van der Waals surface area contributed by atoms with Crippen molar-refractivity contribution in [2.24, 2.45) is 0 Å². The Morgan fingerprint density at radius 2 is 2.23 bits per heavy atom. The number of morpholine rings is 1. The van der Waals surface area contributed by atoms with Crippen molar-refractivity contribution in [2.75, 3.05) is 25.0 Å². The van der Waals surface area contributed by atoms with Crippen molar-refractivity contribution in [1.29, 1.82) is 0 Å². The number of H-pyrrole nitrogens is 1. The molecule has 8 heteroatoms. The molecule has 4 rings (SSSR count). The third-order valence-electron chi connectivity index (χ3n) is 4.39. The number of nitrogens with zero attached hydrogens (tertiary/aromatic N) is 3. The summed E-state index contributed by atoms with van der Waals surface area (Å²) >= 11 is 0. The van der Waals surface area contributed by atoms with E-state index in [0.29, 0.717) is 31.5 Å². The molecule has 136 valence electrons. The largest absolute Gasteiger partial charge is 0.422 e. The number of carbonyl (C=O) groups excluding carboxylic acids is 1. The van der Waals surface area contributed by atoms with E-state index in [1.807, 2.05) is 44.3 Å². The Balaban J connectivity index is 1.43. The van der Waals surface area contributed by atoms with Crippen LogP contribution in [0.2, 0.25) is 0 Å². The van der Waals surface area contributed by atoms with Crippen LogP contribution >= 0.6 is 0 Å². The zero-order valence-corrected chi connectivity index (χ0v) is 14.7. The van der Waals surface area contributed by atoms with Crippen LogP contribution in [0.25, 0.3) is 10.9 Å². The minimum atomic E-state index is -0.402. The summed E-state index contributed by atoms with van der Waals surface area (Å²) in [7, 11) is 0. The Kier molecular flexibility index (Phi) is 4.34. The quantitative estimate of drug-likeness (QED) is 0.751. The summed E-state index contributed by atoms with van der Waals surface area (Å²) in [5.41, 5.74) is 1.72. The Bertz CT molecular complexity index is 916. The van der Waals surface area contributed by atoms with Crippen LogP contribution in [0.3, 0.4) is 0 Å².